The minimum atomic E-state index is 0.0121. The molecule has 0 radical (unpaired) electrons. The van der Waals surface area contributed by atoms with Crippen LogP contribution in [0, 0.1) is 5.92 Å². The number of thiophene rings is 1. The highest BCUT2D eigenvalue weighted by Gasteiger charge is 2.30. The van der Waals surface area contributed by atoms with E-state index in [0.29, 0.717) is 0 Å². The van der Waals surface area contributed by atoms with Crippen molar-refractivity contribution in [3.63, 3.8) is 0 Å². The maximum absolute atomic E-state index is 13.0. The lowest BCUT2D eigenvalue weighted by atomic mass is 9.88. The van der Waals surface area contributed by atoms with Gasteiger partial charge in [-0.3, -0.25) is 4.79 Å². The van der Waals surface area contributed by atoms with E-state index >= 15 is 0 Å². The Labute approximate surface area is 131 Å². The maximum Gasteiger partial charge on any atom is 0.255 e. The second kappa shape index (κ2) is 6.49. The number of aliphatic hydroxyl groups is 1. The number of carbonyl (C=O) groups excluding carboxylic acids is 1. The molecule has 1 aliphatic carbocycles. The zero-order chi connectivity index (χ0) is 14.8. The lowest BCUT2D eigenvalue weighted by Gasteiger charge is -2.29. The van der Waals surface area contributed by atoms with Crippen molar-refractivity contribution in [2.24, 2.45) is 5.92 Å². The Morgan fingerprint density at radius 2 is 2.24 bits per heavy atom. The fourth-order valence-electron chi connectivity index (χ4n) is 3.65. The van der Waals surface area contributed by atoms with Crippen LogP contribution in [0.5, 0.6) is 0 Å². The van der Waals surface area contributed by atoms with Gasteiger partial charge < -0.3 is 10.0 Å². The number of hydrogen-bond donors (Lipinski definition) is 1. The van der Waals surface area contributed by atoms with Gasteiger partial charge in [-0.15, -0.1) is 11.3 Å². The fraction of sp³-hybridized carbons (Fsp3) is 0.706. The molecule has 1 aromatic rings. The molecule has 116 valence electrons. The quantitative estimate of drug-likeness (QED) is 0.911. The molecule has 2 atom stereocenters. The first-order chi connectivity index (χ1) is 10.2. The molecule has 2 aliphatic rings. The van der Waals surface area contributed by atoms with Crippen LogP contribution in [0.1, 0.15) is 59.8 Å². The summed E-state index contributed by atoms with van der Waals surface area (Å²) < 4.78 is 0. The summed E-state index contributed by atoms with van der Waals surface area (Å²) in [6.07, 6.45) is 7.63. The molecule has 4 heteroatoms. The van der Waals surface area contributed by atoms with E-state index in [-0.39, 0.29) is 18.6 Å². The molecular formula is C17H25NO2S. The van der Waals surface area contributed by atoms with Gasteiger partial charge in [0.25, 0.3) is 5.91 Å². The Hall–Kier alpha value is -0.870. The third-order valence-corrected chi connectivity index (χ3v) is 6.03. The molecule has 2 unspecified atom stereocenters. The Morgan fingerprint density at radius 1 is 1.38 bits per heavy atom. The fourth-order valence-corrected chi connectivity index (χ4v) is 4.88. The molecule has 0 saturated carbocycles. The first-order valence-electron chi connectivity index (χ1n) is 8.21. The molecule has 1 fully saturated rings. The van der Waals surface area contributed by atoms with Crippen LogP contribution in [0.15, 0.2) is 5.38 Å². The zero-order valence-electron chi connectivity index (χ0n) is 12.8. The van der Waals surface area contributed by atoms with Gasteiger partial charge in [0, 0.05) is 16.8 Å². The predicted molar refractivity (Wildman–Crippen MR) is 85.9 cm³/mol. The molecule has 3 rings (SSSR count). The van der Waals surface area contributed by atoms with E-state index < -0.39 is 0 Å². The van der Waals surface area contributed by atoms with Gasteiger partial charge in [-0.05, 0) is 43.6 Å². The number of fused-ring (bicyclic) bond motifs is 1. The van der Waals surface area contributed by atoms with E-state index in [9.17, 15) is 9.90 Å². The molecule has 2 heterocycles. The third-order valence-electron chi connectivity index (χ3n) is 4.98. The van der Waals surface area contributed by atoms with Crippen molar-refractivity contribution in [3.05, 3.63) is 21.4 Å². The van der Waals surface area contributed by atoms with Crippen LogP contribution in [-0.4, -0.2) is 35.1 Å². The molecule has 1 aromatic heterocycles. The summed E-state index contributed by atoms with van der Waals surface area (Å²) in [5.74, 6) is 0.894. The molecule has 1 aliphatic heterocycles. The van der Waals surface area contributed by atoms with Crippen LogP contribution in [0.4, 0.5) is 0 Å². The van der Waals surface area contributed by atoms with Crippen molar-refractivity contribution >= 4 is 17.2 Å². The summed E-state index contributed by atoms with van der Waals surface area (Å²) in [6.45, 7) is 3.18. The number of carbonyl (C=O) groups is 1. The van der Waals surface area contributed by atoms with Crippen LogP contribution in [0.25, 0.3) is 0 Å². The normalized spacial score (nSPS) is 26.3. The van der Waals surface area contributed by atoms with Crippen LogP contribution in [0.3, 0.4) is 0 Å². The number of nitrogens with zero attached hydrogens (tertiary/aromatic N) is 1. The molecule has 0 aromatic carbocycles. The van der Waals surface area contributed by atoms with Crippen LogP contribution >= 0.6 is 11.3 Å². The van der Waals surface area contributed by atoms with Crippen molar-refractivity contribution in [2.45, 2.75) is 57.9 Å². The third kappa shape index (κ3) is 3.02. The van der Waals surface area contributed by atoms with Gasteiger partial charge in [0.05, 0.1) is 18.2 Å². The Kier molecular flexibility index (Phi) is 4.65. The molecule has 21 heavy (non-hydrogen) atoms. The largest absolute Gasteiger partial charge is 0.394 e. The second-order valence-corrected chi connectivity index (χ2v) is 7.55. The van der Waals surface area contributed by atoms with E-state index in [0.717, 1.165) is 50.1 Å². The lowest BCUT2D eigenvalue weighted by molar-refractivity contribution is 0.0599. The van der Waals surface area contributed by atoms with Gasteiger partial charge in [-0.25, -0.2) is 0 Å². The molecule has 1 saturated heterocycles. The molecular weight excluding hydrogens is 282 g/mol. The van der Waals surface area contributed by atoms with Crippen molar-refractivity contribution < 1.29 is 9.90 Å². The standard InChI is InChI=1S/C17H25NO2S/c1-12-6-7-14-15(11-21-16(14)9-12)17(20)18-8-4-2-3-5-13(18)10-19/h11-13,19H,2-10H2,1H3. The van der Waals surface area contributed by atoms with Gasteiger partial charge in [-0.2, -0.15) is 0 Å². The number of aliphatic hydroxyl groups excluding tert-OH is 1. The smallest absolute Gasteiger partial charge is 0.255 e. The van der Waals surface area contributed by atoms with E-state index in [1.165, 1.54) is 23.3 Å². The van der Waals surface area contributed by atoms with Crippen molar-refractivity contribution in [1.82, 2.24) is 4.90 Å². The van der Waals surface area contributed by atoms with E-state index in [4.69, 9.17) is 0 Å². The van der Waals surface area contributed by atoms with Crippen LogP contribution < -0.4 is 0 Å². The summed E-state index contributed by atoms with van der Waals surface area (Å²) in [4.78, 5) is 16.3. The minimum Gasteiger partial charge on any atom is -0.394 e. The van der Waals surface area contributed by atoms with Crippen molar-refractivity contribution in [1.29, 1.82) is 0 Å². The van der Waals surface area contributed by atoms with Gasteiger partial charge in [0.15, 0.2) is 0 Å². The lowest BCUT2D eigenvalue weighted by Crippen LogP contribution is -2.42. The maximum atomic E-state index is 13.0. The van der Waals surface area contributed by atoms with E-state index in [1.807, 2.05) is 4.90 Å². The van der Waals surface area contributed by atoms with Gasteiger partial charge >= 0.3 is 0 Å². The van der Waals surface area contributed by atoms with Crippen LogP contribution in [-0.2, 0) is 12.8 Å². The molecule has 1 N–H and O–H groups in total. The second-order valence-electron chi connectivity index (χ2n) is 6.58. The average Bonchev–Trinajstić information content (AvgIpc) is 2.75. The summed E-state index contributed by atoms with van der Waals surface area (Å²) in [6, 6.07) is 0.0121. The van der Waals surface area contributed by atoms with Crippen molar-refractivity contribution in [2.75, 3.05) is 13.2 Å². The first kappa shape index (κ1) is 15.0. The topological polar surface area (TPSA) is 40.5 Å². The SMILES string of the molecule is CC1CCc2c(C(=O)N3CCCCCC3CO)csc2C1. The summed E-state index contributed by atoms with van der Waals surface area (Å²) in [7, 11) is 0. The Morgan fingerprint density at radius 3 is 3.05 bits per heavy atom. The number of likely N-dealkylation sites (tertiary alicyclic amines) is 1. The highest BCUT2D eigenvalue weighted by molar-refractivity contribution is 7.10. The molecule has 1 amide bonds. The summed E-state index contributed by atoms with van der Waals surface area (Å²) >= 11 is 1.75. The molecule has 0 bridgehead atoms. The molecule has 3 nitrogen and oxygen atoms in total. The average molecular weight is 307 g/mol. The highest BCUT2D eigenvalue weighted by Crippen LogP contribution is 2.34. The van der Waals surface area contributed by atoms with Crippen molar-refractivity contribution in [3.8, 4) is 0 Å². The molecule has 0 spiro atoms. The van der Waals surface area contributed by atoms with Gasteiger partial charge in [0.2, 0.25) is 0 Å². The summed E-state index contributed by atoms with van der Waals surface area (Å²) in [5.41, 5.74) is 2.21. The minimum absolute atomic E-state index is 0.0121. The van der Waals surface area contributed by atoms with E-state index in [1.54, 1.807) is 11.3 Å². The number of rotatable bonds is 2. The van der Waals surface area contributed by atoms with E-state index in [2.05, 4.69) is 12.3 Å². The predicted octanol–water partition coefficient (Wildman–Crippen LogP) is 3.25. The van der Waals surface area contributed by atoms with Crippen LogP contribution in [0.2, 0.25) is 0 Å². The number of hydrogen-bond acceptors (Lipinski definition) is 3. The monoisotopic (exact) mass is 307 g/mol. The number of amides is 1. The van der Waals surface area contributed by atoms with Gasteiger partial charge in [0.1, 0.15) is 0 Å². The summed E-state index contributed by atoms with van der Waals surface area (Å²) in [5, 5.41) is 11.7. The Bertz CT molecular complexity index is 511. The zero-order valence-corrected chi connectivity index (χ0v) is 13.6. The van der Waals surface area contributed by atoms with Gasteiger partial charge in [-0.1, -0.05) is 19.8 Å². The highest BCUT2D eigenvalue weighted by atomic mass is 32.1. The first-order valence-corrected chi connectivity index (χ1v) is 9.09. The Balaban J connectivity index is 1.84.